The molecule has 4 rings (SSSR count). The number of piperazine rings is 1. The second-order valence-corrected chi connectivity index (χ2v) is 7.83. The van der Waals surface area contributed by atoms with Crippen molar-refractivity contribution in [3.8, 4) is 0 Å². The number of non-ortho nitro benzene ring substituents is 1. The van der Waals surface area contributed by atoms with E-state index in [4.69, 9.17) is 0 Å². The maximum Gasteiger partial charge on any atom is 0.271 e. The summed E-state index contributed by atoms with van der Waals surface area (Å²) in [6.07, 6.45) is 2.49. The van der Waals surface area contributed by atoms with Crippen LogP contribution in [0.2, 0.25) is 0 Å². The van der Waals surface area contributed by atoms with Gasteiger partial charge in [-0.3, -0.25) is 19.8 Å². The van der Waals surface area contributed by atoms with Crippen LogP contribution in [0.3, 0.4) is 0 Å². The first-order valence-electron chi connectivity index (χ1n) is 10.4. The Kier molecular flexibility index (Phi) is 6.13. The number of amides is 1. The molecule has 2 aromatic carbocycles. The SMILES string of the molecule is O=C(CN1CCN(c2cccc([N+](=O)[O-])c2)CC1)Nc1ccc(N2CCCC2)cc1. The number of rotatable bonds is 6. The van der Waals surface area contributed by atoms with Crippen molar-refractivity contribution in [2.75, 3.05) is 60.9 Å². The number of hydrogen-bond donors (Lipinski definition) is 1. The van der Waals surface area contributed by atoms with Crippen molar-refractivity contribution in [2.45, 2.75) is 12.8 Å². The predicted octanol–water partition coefficient (Wildman–Crippen LogP) is 2.96. The van der Waals surface area contributed by atoms with Gasteiger partial charge in [0.1, 0.15) is 0 Å². The van der Waals surface area contributed by atoms with Crippen LogP contribution < -0.4 is 15.1 Å². The molecule has 0 aliphatic carbocycles. The maximum atomic E-state index is 12.4. The minimum absolute atomic E-state index is 0.0206. The van der Waals surface area contributed by atoms with E-state index in [9.17, 15) is 14.9 Å². The van der Waals surface area contributed by atoms with E-state index < -0.39 is 0 Å². The molecular formula is C22H27N5O3. The molecule has 0 unspecified atom stereocenters. The number of hydrogen-bond acceptors (Lipinski definition) is 6. The van der Waals surface area contributed by atoms with Gasteiger partial charge in [0.25, 0.3) is 5.69 Å². The van der Waals surface area contributed by atoms with E-state index in [0.29, 0.717) is 6.54 Å². The smallest absolute Gasteiger partial charge is 0.271 e. The number of nitro groups is 1. The quantitative estimate of drug-likeness (QED) is 0.584. The predicted molar refractivity (Wildman–Crippen MR) is 118 cm³/mol. The van der Waals surface area contributed by atoms with Crippen LogP contribution in [0.4, 0.5) is 22.7 Å². The van der Waals surface area contributed by atoms with E-state index >= 15 is 0 Å². The summed E-state index contributed by atoms with van der Waals surface area (Å²) in [7, 11) is 0. The third kappa shape index (κ3) is 4.88. The number of nitro benzene ring substituents is 1. The normalized spacial score (nSPS) is 17.2. The first kappa shape index (κ1) is 20.2. The third-order valence-corrected chi connectivity index (χ3v) is 5.77. The fourth-order valence-electron chi connectivity index (χ4n) is 4.10. The van der Waals surface area contributed by atoms with Crippen LogP contribution in [-0.2, 0) is 4.79 Å². The highest BCUT2D eigenvalue weighted by Crippen LogP contribution is 2.23. The van der Waals surface area contributed by atoms with Gasteiger partial charge in [0, 0.05) is 68.5 Å². The van der Waals surface area contributed by atoms with Crippen molar-refractivity contribution < 1.29 is 9.72 Å². The summed E-state index contributed by atoms with van der Waals surface area (Å²) < 4.78 is 0. The summed E-state index contributed by atoms with van der Waals surface area (Å²) in [4.78, 5) is 29.6. The number of carbonyl (C=O) groups excluding carboxylic acids is 1. The molecule has 0 bridgehead atoms. The number of anilines is 3. The van der Waals surface area contributed by atoms with Gasteiger partial charge in [-0.05, 0) is 43.2 Å². The second-order valence-electron chi connectivity index (χ2n) is 7.83. The lowest BCUT2D eigenvalue weighted by atomic mass is 10.2. The average Bonchev–Trinajstić information content (AvgIpc) is 3.30. The van der Waals surface area contributed by atoms with Crippen molar-refractivity contribution in [2.24, 2.45) is 0 Å². The standard InChI is InChI=1S/C22H27N5O3/c28-22(23-18-6-8-19(9-7-18)25-10-1-2-11-25)17-24-12-14-26(15-13-24)20-4-3-5-21(16-20)27(29)30/h3-9,16H,1-2,10-15,17H2,(H,23,28). The molecule has 0 atom stereocenters. The Morgan fingerprint density at radius 2 is 1.57 bits per heavy atom. The van der Waals surface area contributed by atoms with Crippen molar-refractivity contribution in [3.63, 3.8) is 0 Å². The first-order valence-corrected chi connectivity index (χ1v) is 10.4. The Bertz CT molecular complexity index is 888. The third-order valence-electron chi connectivity index (χ3n) is 5.77. The molecule has 2 fully saturated rings. The van der Waals surface area contributed by atoms with Gasteiger partial charge in [-0.2, -0.15) is 0 Å². The summed E-state index contributed by atoms with van der Waals surface area (Å²) >= 11 is 0. The minimum atomic E-state index is -0.373. The maximum absolute atomic E-state index is 12.4. The van der Waals surface area contributed by atoms with Gasteiger partial charge >= 0.3 is 0 Å². The molecule has 8 nitrogen and oxygen atoms in total. The van der Waals surface area contributed by atoms with Crippen molar-refractivity contribution in [1.82, 2.24) is 4.90 Å². The van der Waals surface area contributed by atoms with Gasteiger partial charge < -0.3 is 15.1 Å². The van der Waals surface area contributed by atoms with Crippen molar-refractivity contribution in [3.05, 3.63) is 58.6 Å². The highest BCUT2D eigenvalue weighted by Gasteiger charge is 2.20. The molecule has 1 N–H and O–H groups in total. The fraction of sp³-hybridized carbons (Fsp3) is 0.409. The van der Waals surface area contributed by atoms with E-state index in [1.807, 2.05) is 18.2 Å². The van der Waals surface area contributed by atoms with Crippen LogP contribution in [0.15, 0.2) is 48.5 Å². The molecule has 2 aromatic rings. The summed E-state index contributed by atoms with van der Waals surface area (Å²) in [5.41, 5.74) is 2.98. The Hall–Kier alpha value is -3.13. The molecule has 0 spiro atoms. The first-order chi connectivity index (χ1) is 14.6. The summed E-state index contributed by atoms with van der Waals surface area (Å²) in [5.74, 6) is -0.0206. The van der Waals surface area contributed by atoms with Crippen LogP contribution in [0.5, 0.6) is 0 Å². The van der Waals surface area contributed by atoms with E-state index in [1.54, 1.807) is 12.1 Å². The van der Waals surface area contributed by atoms with Crippen LogP contribution in [0.25, 0.3) is 0 Å². The summed E-state index contributed by atoms with van der Waals surface area (Å²) in [6, 6.07) is 14.8. The highest BCUT2D eigenvalue weighted by molar-refractivity contribution is 5.92. The molecule has 1 amide bonds. The zero-order chi connectivity index (χ0) is 20.9. The monoisotopic (exact) mass is 409 g/mol. The Balaban J connectivity index is 1.25. The van der Waals surface area contributed by atoms with Crippen LogP contribution in [-0.4, -0.2) is 61.5 Å². The average molecular weight is 409 g/mol. The zero-order valence-electron chi connectivity index (χ0n) is 17.0. The minimum Gasteiger partial charge on any atom is -0.372 e. The molecule has 2 saturated heterocycles. The van der Waals surface area contributed by atoms with Crippen molar-refractivity contribution in [1.29, 1.82) is 0 Å². The largest absolute Gasteiger partial charge is 0.372 e. The molecule has 2 aliphatic heterocycles. The summed E-state index contributed by atoms with van der Waals surface area (Å²) in [6.45, 7) is 5.50. The van der Waals surface area contributed by atoms with Crippen LogP contribution in [0.1, 0.15) is 12.8 Å². The second kappa shape index (κ2) is 9.13. The van der Waals surface area contributed by atoms with Crippen LogP contribution in [0, 0.1) is 10.1 Å². The fourth-order valence-corrected chi connectivity index (χ4v) is 4.10. The number of nitrogens with one attached hydrogen (secondary N) is 1. The van der Waals surface area contributed by atoms with E-state index in [2.05, 4.69) is 32.1 Å². The molecule has 30 heavy (non-hydrogen) atoms. The molecule has 0 radical (unpaired) electrons. The molecule has 158 valence electrons. The Morgan fingerprint density at radius 1 is 0.900 bits per heavy atom. The molecular weight excluding hydrogens is 382 g/mol. The Morgan fingerprint density at radius 3 is 2.23 bits per heavy atom. The van der Waals surface area contributed by atoms with Gasteiger partial charge in [-0.25, -0.2) is 0 Å². The number of benzene rings is 2. The lowest BCUT2D eigenvalue weighted by molar-refractivity contribution is -0.384. The molecule has 0 aromatic heterocycles. The molecule has 2 aliphatic rings. The highest BCUT2D eigenvalue weighted by atomic mass is 16.6. The van der Waals surface area contributed by atoms with Gasteiger partial charge in [0.05, 0.1) is 11.5 Å². The number of nitrogens with zero attached hydrogens (tertiary/aromatic N) is 4. The molecule has 8 heteroatoms. The Labute approximate surface area is 176 Å². The molecule has 0 saturated carbocycles. The van der Waals surface area contributed by atoms with Gasteiger partial charge in [0.15, 0.2) is 0 Å². The van der Waals surface area contributed by atoms with Crippen LogP contribution >= 0.6 is 0 Å². The van der Waals surface area contributed by atoms with Crippen molar-refractivity contribution >= 4 is 28.7 Å². The van der Waals surface area contributed by atoms with E-state index in [0.717, 1.165) is 50.6 Å². The zero-order valence-corrected chi connectivity index (χ0v) is 17.0. The summed E-state index contributed by atoms with van der Waals surface area (Å²) in [5, 5.41) is 14.0. The molecule has 2 heterocycles. The lowest BCUT2D eigenvalue weighted by Crippen LogP contribution is -2.48. The van der Waals surface area contributed by atoms with Gasteiger partial charge in [0.2, 0.25) is 5.91 Å². The lowest BCUT2D eigenvalue weighted by Gasteiger charge is -2.35. The van der Waals surface area contributed by atoms with E-state index in [1.165, 1.54) is 24.6 Å². The number of carbonyl (C=O) groups is 1. The van der Waals surface area contributed by atoms with E-state index in [-0.39, 0.29) is 16.5 Å². The van der Waals surface area contributed by atoms with Gasteiger partial charge in [-0.1, -0.05) is 6.07 Å². The topological polar surface area (TPSA) is 82.0 Å². The van der Waals surface area contributed by atoms with Gasteiger partial charge in [-0.15, -0.1) is 0 Å².